The zero-order valence-electron chi connectivity index (χ0n) is 11.1. The van der Waals surface area contributed by atoms with Gasteiger partial charge in [0.1, 0.15) is 5.82 Å². The summed E-state index contributed by atoms with van der Waals surface area (Å²) in [6.07, 6.45) is 0. The van der Waals surface area contributed by atoms with Crippen LogP contribution in [0, 0.1) is 15.9 Å². The van der Waals surface area contributed by atoms with Crippen molar-refractivity contribution < 1.29 is 14.1 Å². The van der Waals surface area contributed by atoms with Crippen molar-refractivity contribution in [3.8, 4) is 0 Å². The molecule has 0 aliphatic carbocycles. The first-order chi connectivity index (χ1) is 10.0. The molecule has 7 heteroatoms. The van der Waals surface area contributed by atoms with E-state index >= 15 is 0 Å². The second-order valence-electron chi connectivity index (χ2n) is 4.17. The maximum Gasteiger partial charge on any atom is 0.269 e. The lowest BCUT2D eigenvalue weighted by Crippen LogP contribution is -2.14. The van der Waals surface area contributed by atoms with E-state index < -0.39 is 16.6 Å². The molecule has 0 aliphatic heterocycles. The molecule has 0 saturated heterocycles. The molecule has 0 radical (unpaired) electrons. The number of nitrogens with zero attached hydrogens (tertiary/aromatic N) is 1. The normalized spacial score (nSPS) is 10.0. The molecular weight excluding hydrogens is 277 g/mol. The maximum absolute atomic E-state index is 13.6. The second kappa shape index (κ2) is 6.00. The number of anilines is 2. The van der Waals surface area contributed by atoms with Gasteiger partial charge in [-0.2, -0.15) is 0 Å². The number of carbonyl (C=O) groups excluding carboxylic acids is 1. The van der Waals surface area contributed by atoms with E-state index in [2.05, 4.69) is 10.6 Å². The predicted octanol–water partition coefficient (Wildman–Crippen LogP) is 3.03. The van der Waals surface area contributed by atoms with E-state index in [0.29, 0.717) is 5.69 Å². The van der Waals surface area contributed by atoms with Crippen molar-refractivity contribution in [3.05, 3.63) is 64.0 Å². The Bertz CT molecular complexity index is 686. The van der Waals surface area contributed by atoms with Crippen LogP contribution in [0.25, 0.3) is 0 Å². The highest BCUT2D eigenvalue weighted by molar-refractivity contribution is 6.08. The number of non-ortho nitro benzene ring substituents is 1. The molecule has 2 rings (SSSR count). The van der Waals surface area contributed by atoms with E-state index in [4.69, 9.17) is 0 Å². The number of nitro groups is 1. The molecule has 0 fully saturated rings. The number of halogens is 1. The zero-order chi connectivity index (χ0) is 15.4. The average Bonchev–Trinajstić information content (AvgIpc) is 2.47. The molecule has 2 N–H and O–H groups in total. The SMILES string of the molecule is CNc1c(F)cccc1C(=O)Nc1ccc([N+](=O)[O-])cc1. The number of hydrogen-bond acceptors (Lipinski definition) is 4. The van der Waals surface area contributed by atoms with Crippen LogP contribution >= 0.6 is 0 Å². The Kier molecular flexibility index (Phi) is 4.13. The standard InChI is InChI=1S/C14H12FN3O3/c1-16-13-11(3-2-4-12(13)15)14(19)17-9-5-7-10(8-6-9)18(20)21/h2-8,16H,1H3,(H,17,19). The lowest BCUT2D eigenvalue weighted by atomic mass is 10.1. The van der Waals surface area contributed by atoms with Crippen LogP contribution in [0.3, 0.4) is 0 Å². The summed E-state index contributed by atoms with van der Waals surface area (Å²) in [7, 11) is 1.51. The summed E-state index contributed by atoms with van der Waals surface area (Å²) >= 11 is 0. The molecule has 6 nitrogen and oxygen atoms in total. The summed E-state index contributed by atoms with van der Waals surface area (Å²) < 4.78 is 13.6. The van der Waals surface area contributed by atoms with Gasteiger partial charge in [-0.25, -0.2) is 4.39 Å². The monoisotopic (exact) mass is 289 g/mol. The van der Waals surface area contributed by atoms with Crippen LogP contribution in [-0.2, 0) is 0 Å². The van der Waals surface area contributed by atoms with Gasteiger partial charge in [0.2, 0.25) is 0 Å². The summed E-state index contributed by atoms with van der Waals surface area (Å²) in [6.45, 7) is 0. The molecule has 0 aromatic heterocycles. The zero-order valence-corrected chi connectivity index (χ0v) is 11.1. The highest BCUT2D eigenvalue weighted by atomic mass is 19.1. The van der Waals surface area contributed by atoms with E-state index in [0.717, 1.165) is 0 Å². The Morgan fingerprint density at radius 2 is 1.86 bits per heavy atom. The fourth-order valence-corrected chi connectivity index (χ4v) is 1.83. The molecule has 108 valence electrons. The van der Waals surface area contributed by atoms with Gasteiger partial charge in [0, 0.05) is 24.9 Å². The van der Waals surface area contributed by atoms with E-state index in [1.54, 1.807) is 0 Å². The molecule has 21 heavy (non-hydrogen) atoms. The summed E-state index contributed by atoms with van der Waals surface area (Å²) in [5.74, 6) is -1.04. The van der Waals surface area contributed by atoms with Gasteiger partial charge >= 0.3 is 0 Å². The molecule has 1 amide bonds. The van der Waals surface area contributed by atoms with Crippen molar-refractivity contribution in [1.29, 1.82) is 0 Å². The van der Waals surface area contributed by atoms with Gasteiger partial charge in [-0.1, -0.05) is 6.07 Å². The Labute approximate surface area is 119 Å². The lowest BCUT2D eigenvalue weighted by Gasteiger charge is -2.10. The highest BCUT2D eigenvalue weighted by Crippen LogP contribution is 2.21. The first-order valence-corrected chi connectivity index (χ1v) is 6.05. The average molecular weight is 289 g/mol. The summed E-state index contributed by atoms with van der Waals surface area (Å²) in [4.78, 5) is 22.1. The summed E-state index contributed by atoms with van der Waals surface area (Å²) in [6, 6.07) is 9.54. The second-order valence-corrected chi connectivity index (χ2v) is 4.17. The smallest absolute Gasteiger partial charge is 0.269 e. The van der Waals surface area contributed by atoms with Gasteiger partial charge in [-0.3, -0.25) is 14.9 Å². The Balaban J connectivity index is 2.22. The van der Waals surface area contributed by atoms with Crippen LogP contribution in [0.1, 0.15) is 10.4 Å². The molecule has 0 spiro atoms. The minimum atomic E-state index is -0.533. The van der Waals surface area contributed by atoms with Crippen molar-refractivity contribution in [1.82, 2.24) is 0 Å². The van der Waals surface area contributed by atoms with Crippen molar-refractivity contribution >= 4 is 23.0 Å². The van der Waals surface area contributed by atoms with Crippen LogP contribution in [0.2, 0.25) is 0 Å². The molecular formula is C14H12FN3O3. The van der Waals surface area contributed by atoms with Crippen molar-refractivity contribution in [2.75, 3.05) is 17.7 Å². The van der Waals surface area contributed by atoms with Crippen molar-refractivity contribution in [3.63, 3.8) is 0 Å². The molecule has 0 atom stereocenters. The van der Waals surface area contributed by atoms with Gasteiger partial charge in [-0.05, 0) is 24.3 Å². The number of nitro benzene ring substituents is 1. The van der Waals surface area contributed by atoms with E-state index in [9.17, 15) is 19.3 Å². The van der Waals surface area contributed by atoms with Gasteiger partial charge in [0.15, 0.2) is 0 Å². The van der Waals surface area contributed by atoms with E-state index in [1.165, 1.54) is 49.5 Å². The molecule has 2 aromatic carbocycles. The lowest BCUT2D eigenvalue weighted by molar-refractivity contribution is -0.384. The summed E-state index contributed by atoms with van der Waals surface area (Å²) in [5, 5.41) is 15.7. The van der Waals surface area contributed by atoms with Crippen molar-refractivity contribution in [2.45, 2.75) is 0 Å². The number of benzene rings is 2. The number of carbonyl (C=O) groups is 1. The van der Waals surface area contributed by atoms with E-state index in [1.807, 2.05) is 0 Å². The van der Waals surface area contributed by atoms with Gasteiger partial charge in [-0.15, -0.1) is 0 Å². The first-order valence-electron chi connectivity index (χ1n) is 6.05. The molecule has 0 saturated carbocycles. The fourth-order valence-electron chi connectivity index (χ4n) is 1.83. The van der Waals surface area contributed by atoms with Crippen LogP contribution in [0.5, 0.6) is 0 Å². The Hall–Kier alpha value is -2.96. The van der Waals surface area contributed by atoms with Crippen LogP contribution in [-0.4, -0.2) is 17.9 Å². The number of rotatable bonds is 4. The van der Waals surface area contributed by atoms with Crippen LogP contribution < -0.4 is 10.6 Å². The minimum absolute atomic E-state index is 0.0744. The van der Waals surface area contributed by atoms with Crippen LogP contribution in [0.4, 0.5) is 21.5 Å². The third kappa shape index (κ3) is 3.14. The summed E-state index contributed by atoms with van der Waals surface area (Å²) in [5.41, 5.74) is 0.555. The van der Waals surface area contributed by atoms with Gasteiger partial charge in [0.25, 0.3) is 11.6 Å². The van der Waals surface area contributed by atoms with Gasteiger partial charge < -0.3 is 10.6 Å². The first kappa shape index (κ1) is 14.4. The number of hydrogen-bond donors (Lipinski definition) is 2. The third-order valence-electron chi connectivity index (χ3n) is 2.84. The minimum Gasteiger partial charge on any atom is -0.385 e. The van der Waals surface area contributed by atoms with Crippen molar-refractivity contribution in [2.24, 2.45) is 0 Å². The van der Waals surface area contributed by atoms with E-state index in [-0.39, 0.29) is 16.9 Å². The fraction of sp³-hybridized carbons (Fsp3) is 0.0714. The molecule has 0 heterocycles. The molecule has 0 aliphatic rings. The number of amides is 1. The topological polar surface area (TPSA) is 84.3 Å². The maximum atomic E-state index is 13.6. The quantitative estimate of drug-likeness (QED) is 0.669. The Morgan fingerprint density at radius 3 is 2.43 bits per heavy atom. The number of nitrogens with one attached hydrogen (secondary N) is 2. The Morgan fingerprint density at radius 1 is 1.19 bits per heavy atom. The predicted molar refractivity (Wildman–Crippen MR) is 77.0 cm³/mol. The largest absolute Gasteiger partial charge is 0.385 e. The third-order valence-corrected chi connectivity index (χ3v) is 2.84. The highest BCUT2D eigenvalue weighted by Gasteiger charge is 2.14. The van der Waals surface area contributed by atoms with Gasteiger partial charge in [0.05, 0.1) is 16.2 Å². The molecule has 0 unspecified atom stereocenters. The number of para-hydroxylation sites is 1. The molecule has 2 aromatic rings. The van der Waals surface area contributed by atoms with Crippen LogP contribution in [0.15, 0.2) is 42.5 Å². The molecule has 0 bridgehead atoms.